The fraction of sp³-hybridized carbons (Fsp3) is 0.889. The largest absolute Gasteiger partial charge is 0.464 e. The summed E-state index contributed by atoms with van der Waals surface area (Å²) in [5, 5.41) is 1.85. The van der Waals surface area contributed by atoms with Crippen LogP contribution in [0.15, 0.2) is 0 Å². The van der Waals surface area contributed by atoms with Gasteiger partial charge in [0.25, 0.3) is 0 Å². The highest BCUT2D eigenvalue weighted by Crippen LogP contribution is 2.08. The quantitative estimate of drug-likeness (QED) is 0.615. The molecule has 0 bridgehead atoms. The zero-order chi connectivity index (χ0) is 9.52. The molecule has 0 amide bonds. The average Bonchev–Trinajstić information content (AvgIpc) is 2.17. The SMILES string of the molecule is CCOC(=O)CON1CCCCC1. The van der Waals surface area contributed by atoms with Gasteiger partial charge < -0.3 is 4.74 Å². The van der Waals surface area contributed by atoms with E-state index in [1.165, 1.54) is 6.42 Å². The van der Waals surface area contributed by atoms with E-state index in [2.05, 4.69) is 0 Å². The molecule has 1 rings (SSSR count). The maximum atomic E-state index is 10.9. The first kappa shape index (κ1) is 10.5. The molecule has 1 aliphatic rings. The molecule has 0 spiro atoms. The number of carbonyl (C=O) groups is 1. The number of ether oxygens (including phenoxy) is 1. The summed E-state index contributed by atoms with van der Waals surface area (Å²) in [6.45, 7) is 4.12. The zero-order valence-electron chi connectivity index (χ0n) is 8.12. The van der Waals surface area contributed by atoms with Crippen LogP contribution < -0.4 is 0 Å². The third-order valence-electron chi connectivity index (χ3n) is 1.99. The molecule has 4 heteroatoms. The molecular weight excluding hydrogens is 170 g/mol. The van der Waals surface area contributed by atoms with Gasteiger partial charge in [-0.25, -0.2) is 4.79 Å². The molecule has 0 aromatic rings. The molecule has 1 fully saturated rings. The molecule has 76 valence electrons. The van der Waals surface area contributed by atoms with E-state index >= 15 is 0 Å². The first-order chi connectivity index (χ1) is 6.33. The lowest BCUT2D eigenvalue weighted by atomic mass is 10.2. The molecule has 0 atom stereocenters. The van der Waals surface area contributed by atoms with Crippen LogP contribution in [-0.2, 0) is 14.4 Å². The number of carbonyl (C=O) groups excluding carboxylic acids is 1. The van der Waals surface area contributed by atoms with Gasteiger partial charge in [-0.3, -0.25) is 4.84 Å². The smallest absolute Gasteiger partial charge is 0.334 e. The van der Waals surface area contributed by atoms with Gasteiger partial charge in [0.2, 0.25) is 0 Å². The highest BCUT2D eigenvalue weighted by molar-refractivity contribution is 5.70. The average molecular weight is 187 g/mol. The Balaban J connectivity index is 2.06. The Kier molecular flexibility index (Phi) is 4.78. The number of rotatable bonds is 4. The summed E-state index contributed by atoms with van der Waals surface area (Å²) in [4.78, 5) is 16.2. The Morgan fingerprint density at radius 2 is 2.00 bits per heavy atom. The van der Waals surface area contributed by atoms with Gasteiger partial charge in [0, 0.05) is 13.1 Å². The normalized spacial score (nSPS) is 18.5. The number of hydroxylamine groups is 2. The maximum Gasteiger partial charge on any atom is 0.334 e. The molecule has 0 aromatic heterocycles. The molecule has 4 nitrogen and oxygen atoms in total. The lowest BCUT2D eigenvalue weighted by molar-refractivity contribution is -0.189. The molecule has 13 heavy (non-hydrogen) atoms. The summed E-state index contributed by atoms with van der Waals surface area (Å²) in [6, 6.07) is 0. The van der Waals surface area contributed by atoms with Crippen LogP contribution in [-0.4, -0.2) is 37.3 Å². The number of esters is 1. The number of hydrogen-bond donors (Lipinski definition) is 0. The Bertz CT molecular complexity index is 155. The monoisotopic (exact) mass is 187 g/mol. The van der Waals surface area contributed by atoms with Gasteiger partial charge in [0.1, 0.15) is 0 Å². The summed E-state index contributed by atoms with van der Waals surface area (Å²) in [6.07, 6.45) is 3.57. The molecule has 0 N–H and O–H groups in total. The molecule has 1 aliphatic heterocycles. The van der Waals surface area contributed by atoms with Gasteiger partial charge in [-0.2, -0.15) is 5.06 Å². The van der Waals surface area contributed by atoms with Gasteiger partial charge in [0.05, 0.1) is 6.61 Å². The van der Waals surface area contributed by atoms with E-state index in [-0.39, 0.29) is 12.6 Å². The Morgan fingerprint density at radius 1 is 1.31 bits per heavy atom. The van der Waals surface area contributed by atoms with E-state index in [1.54, 1.807) is 6.92 Å². The van der Waals surface area contributed by atoms with Gasteiger partial charge >= 0.3 is 5.97 Å². The Labute approximate surface area is 78.8 Å². The molecule has 0 aliphatic carbocycles. The summed E-state index contributed by atoms with van der Waals surface area (Å²) in [5.41, 5.74) is 0. The van der Waals surface area contributed by atoms with Crippen molar-refractivity contribution in [2.75, 3.05) is 26.3 Å². The lowest BCUT2D eigenvalue weighted by Crippen LogP contribution is -2.32. The molecule has 0 unspecified atom stereocenters. The minimum Gasteiger partial charge on any atom is -0.464 e. The minimum atomic E-state index is -0.284. The van der Waals surface area contributed by atoms with E-state index < -0.39 is 0 Å². The second-order valence-electron chi connectivity index (χ2n) is 3.07. The van der Waals surface area contributed by atoms with Crippen molar-refractivity contribution in [1.82, 2.24) is 5.06 Å². The fourth-order valence-electron chi connectivity index (χ4n) is 1.34. The first-order valence-electron chi connectivity index (χ1n) is 4.86. The third kappa shape index (κ3) is 4.24. The van der Waals surface area contributed by atoms with Crippen molar-refractivity contribution in [3.63, 3.8) is 0 Å². The number of nitrogens with zero attached hydrogens (tertiary/aromatic N) is 1. The molecule has 1 saturated heterocycles. The van der Waals surface area contributed by atoms with Gasteiger partial charge in [0.15, 0.2) is 6.61 Å². The lowest BCUT2D eigenvalue weighted by Gasteiger charge is -2.24. The highest BCUT2D eigenvalue weighted by atomic mass is 16.7. The highest BCUT2D eigenvalue weighted by Gasteiger charge is 2.12. The van der Waals surface area contributed by atoms with Crippen LogP contribution in [0.3, 0.4) is 0 Å². The summed E-state index contributed by atoms with van der Waals surface area (Å²) in [5.74, 6) is -0.284. The second-order valence-corrected chi connectivity index (χ2v) is 3.07. The van der Waals surface area contributed by atoms with Crippen LogP contribution in [0.5, 0.6) is 0 Å². The molecule has 0 saturated carbocycles. The Morgan fingerprint density at radius 3 is 2.62 bits per heavy atom. The van der Waals surface area contributed by atoms with Crippen molar-refractivity contribution in [2.24, 2.45) is 0 Å². The van der Waals surface area contributed by atoms with E-state index in [9.17, 15) is 4.79 Å². The Hall–Kier alpha value is -0.610. The topological polar surface area (TPSA) is 38.8 Å². The fourth-order valence-corrected chi connectivity index (χ4v) is 1.34. The number of hydrogen-bond acceptors (Lipinski definition) is 4. The van der Waals surface area contributed by atoms with E-state index in [4.69, 9.17) is 9.57 Å². The van der Waals surface area contributed by atoms with E-state index in [1.807, 2.05) is 5.06 Å². The third-order valence-corrected chi connectivity index (χ3v) is 1.99. The van der Waals surface area contributed by atoms with Crippen LogP contribution in [0, 0.1) is 0 Å². The van der Waals surface area contributed by atoms with Crippen molar-refractivity contribution in [3.05, 3.63) is 0 Å². The van der Waals surface area contributed by atoms with Gasteiger partial charge in [-0.1, -0.05) is 6.42 Å². The van der Waals surface area contributed by atoms with E-state index in [0.717, 1.165) is 25.9 Å². The van der Waals surface area contributed by atoms with Crippen molar-refractivity contribution < 1.29 is 14.4 Å². The van der Waals surface area contributed by atoms with Gasteiger partial charge in [-0.15, -0.1) is 0 Å². The molecule has 0 radical (unpaired) electrons. The zero-order valence-corrected chi connectivity index (χ0v) is 8.12. The van der Waals surface area contributed by atoms with Crippen LogP contribution in [0.2, 0.25) is 0 Å². The second kappa shape index (κ2) is 5.94. The van der Waals surface area contributed by atoms with Crippen LogP contribution in [0.1, 0.15) is 26.2 Å². The van der Waals surface area contributed by atoms with Crippen molar-refractivity contribution in [3.8, 4) is 0 Å². The van der Waals surface area contributed by atoms with Crippen LogP contribution in [0.25, 0.3) is 0 Å². The minimum absolute atomic E-state index is 0.0494. The number of piperidine rings is 1. The predicted molar refractivity (Wildman–Crippen MR) is 48.0 cm³/mol. The van der Waals surface area contributed by atoms with Crippen LogP contribution >= 0.6 is 0 Å². The van der Waals surface area contributed by atoms with E-state index in [0.29, 0.717) is 6.61 Å². The molecule has 0 aromatic carbocycles. The van der Waals surface area contributed by atoms with Gasteiger partial charge in [-0.05, 0) is 19.8 Å². The standard InChI is InChI=1S/C9H17NO3/c1-2-12-9(11)8-13-10-6-4-3-5-7-10/h2-8H2,1H3. The van der Waals surface area contributed by atoms with Crippen LogP contribution in [0.4, 0.5) is 0 Å². The summed E-state index contributed by atoms with van der Waals surface area (Å²) in [7, 11) is 0. The van der Waals surface area contributed by atoms with Crippen molar-refractivity contribution in [1.29, 1.82) is 0 Å². The first-order valence-corrected chi connectivity index (χ1v) is 4.86. The predicted octanol–water partition coefficient (Wildman–Crippen LogP) is 0.967. The summed E-state index contributed by atoms with van der Waals surface area (Å²) >= 11 is 0. The maximum absolute atomic E-state index is 10.9. The molecular formula is C9H17NO3. The molecule has 1 heterocycles. The van der Waals surface area contributed by atoms with Crippen molar-refractivity contribution >= 4 is 5.97 Å². The summed E-state index contributed by atoms with van der Waals surface area (Å²) < 4.78 is 4.74. The van der Waals surface area contributed by atoms with Crippen molar-refractivity contribution in [2.45, 2.75) is 26.2 Å².